The molecule has 0 saturated carbocycles. The third kappa shape index (κ3) is 2.24. The normalized spacial score (nSPS) is 11.1. The van der Waals surface area contributed by atoms with Crippen molar-refractivity contribution in [2.75, 3.05) is 0 Å². The third-order valence-electron chi connectivity index (χ3n) is 2.66. The van der Waals surface area contributed by atoms with E-state index in [0.29, 0.717) is 15.8 Å². The van der Waals surface area contributed by atoms with Crippen molar-refractivity contribution in [3.8, 4) is 16.2 Å². The van der Waals surface area contributed by atoms with Gasteiger partial charge in [-0.3, -0.25) is 0 Å². The first-order valence-corrected chi connectivity index (χ1v) is 7.67. The highest BCUT2D eigenvalue weighted by atomic mass is 79.9. The SMILES string of the molecule is O=c1oc2ccc(Br)cc2c(O)c1-c1ccc(Br)s1. The maximum Gasteiger partial charge on any atom is 0.348 e. The fourth-order valence-corrected chi connectivity index (χ4v) is 3.61. The largest absolute Gasteiger partial charge is 0.506 e. The standard InChI is InChI=1S/C13H6Br2O3S/c14-6-1-2-8-7(5-6)12(16)11(13(17)18-8)9-3-4-10(15)19-9/h1-5,16H. The second kappa shape index (κ2) is 4.77. The van der Waals surface area contributed by atoms with Crippen LogP contribution in [0.4, 0.5) is 0 Å². The Morgan fingerprint density at radius 1 is 1.16 bits per heavy atom. The average molecular weight is 402 g/mol. The van der Waals surface area contributed by atoms with Gasteiger partial charge in [0.05, 0.1) is 9.17 Å². The molecule has 0 radical (unpaired) electrons. The number of hydrogen-bond acceptors (Lipinski definition) is 4. The van der Waals surface area contributed by atoms with Crippen molar-refractivity contribution in [3.63, 3.8) is 0 Å². The lowest BCUT2D eigenvalue weighted by molar-refractivity contribution is 0.471. The Balaban J connectivity index is 2.39. The van der Waals surface area contributed by atoms with Crippen molar-refractivity contribution in [2.45, 2.75) is 0 Å². The van der Waals surface area contributed by atoms with Crippen LogP contribution in [-0.4, -0.2) is 5.11 Å². The minimum Gasteiger partial charge on any atom is -0.506 e. The van der Waals surface area contributed by atoms with Gasteiger partial charge in [-0.25, -0.2) is 4.79 Å². The molecule has 0 spiro atoms. The first-order valence-electron chi connectivity index (χ1n) is 5.27. The number of hydrogen-bond donors (Lipinski definition) is 1. The van der Waals surface area contributed by atoms with E-state index >= 15 is 0 Å². The summed E-state index contributed by atoms with van der Waals surface area (Å²) in [6.45, 7) is 0. The van der Waals surface area contributed by atoms with Gasteiger partial charge in [0.2, 0.25) is 0 Å². The Morgan fingerprint density at radius 3 is 2.63 bits per heavy atom. The lowest BCUT2D eigenvalue weighted by atomic mass is 10.1. The van der Waals surface area contributed by atoms with Crippen molar-refractivity contribution in [3.05, 3.63) is 49.0 Å². The Labute approximate surface area is 128 Å². The second-order valence-electron chi connectivity index (χ2n) is 3.86. The monoisotopic (exact) mass is 400 g/mol. The van der Waals surface area contributed by atoms with Crippen LogP contribution in [0.3, 0.4) is 0 Å². The lowest BCUT2D eigenvalue weighted by Gasteiger charge is -2.05. The predicted molar refractivity (Wildman–Crippen MR) is 82.9 cm³/mol. The molecule has 0 amide bonds. The van der Waals surface area contributed by atoms with Gasteiger partial charge in [-0.15, -0.1) is 11.3 Å². The zero-order valence-electron chi connectivity index (χ0n) is 9.31. The average Bonchev–Trinajstić information content (AvgIpc) is 2.77. The van der Waals surface area contributed by atoms with Crippen LogP contribution in [0.1, 0.15) is 0 Å². The van der Waals surface area contributed by atoms with Crippen molar-refractivity contribution < 1.29 is 9.52 Å². The van der Waals surface area contributed by atoms with Crippen LogP contribution in [0, 0.1) is 0 Å². The van der Waals surface area contributed by atoms with Crippen molar-refractivity contribution in [2.24, 2.45) is 0 Å². The first-order chi connectivity index (χ1) is 9.06. The summed E-state index contributed by atoms with van der Waals surface area (Å²) < 4.78 is 6.94. The molecule has 96 valence electrons. The van der Waals surface area contributed by atoms with Crippen molar-refractivity contribution in [1.82, 2.24) is 0 Å². The van der Waals surface area contributed by atoms with Gasteiger partial charge in [0.25, 0.3) is 0 Å². The van der Waals surface area contributed by atoms with E-state index in [4.69, 9.17) is 4.42 Å². The fourth-order valence-electron chi connectivity index (χ4n) is 1.82. The molecular weight excluding hydrogens is 396 g/mol. The molecular formula is C13H6Br2O3S. The van der Waals surface area contributed by atoms with E-state index in [1.54, 1.807) is 24.3 Å². The van der Waals surface area contributed by atoms with E-state index < -0.39 is 5.63 Å². The van der Waals surface area contributed by atoms with Crippen molar-refractivity contribution >= 4 is 54.2 Å². The summed E-state index contributed by atoms with van der Waals surface area (Å²) >= 11 is 8.04. The highest BCUT2D eigenvalue weighted by Gasteiger charge is 2.17. The van der Waals surface area contributed by atoms with Crippen LogP contribution < -0.4 is 5.63 Å². The topological polar surface area (TPSA) is 50.4 Å². The van der Waals surface area contributed by atoms with Gasteiger partial charge in [-0.2, -0.15) is 0 Å². The summed E-state index contributed by atoms with van der Waals surface area (Å²) in [5, 5.41) is 10.8. The number of rotatable bonds is 1. The summed E-state index contributed by atoms with van der Waals surface area (Å²) in [4.78, 5) is 12.7. The van der Waals surface area contributed by atoms with E-state index in [0.717, 1.165) is 8.26 Å². The van der Waals surface area contributed by atoms with Gasteiger partial charge in [-0.1, -0.05) is 15.9 Å². The molecule has 3 nitrogen and oxygen atoms in total. The van der Waals surface area contributed by atoms with Gasteiger partial charge in [0, 0.05) is 9.35 Å². The van der Waals surface area contributed by atoms with E-state index in [1.165, 1.54) is 11.3 Å². The first kappa shape index (κ1) is 12.9. The van der Waals surface area contributed by atoms with Gasteiger partial charge < -0.3 is 9.52 Å². The molecule has 6 heteroatoms. The molecule has 2 heterocycles. The molecule has 3 aromatic rings. The van der Waals surface area contributed by atoms with E-state index in [-0.39, 0.29) is 11.3 Å². The van der Waals surface area contributed by atoms with E-state index in [2.05, 4.69) is 31.9 Å². The summed E-state index contributed by atoms with van der Waals surface area (Å²) in [5.41, 5.74) is 0.0213. The summed E-state index contributed by atoms with van der Waals surface area (Å²) in [6, 6.07) is 8.72. The van der Waals surface area contributed by atoms with Crippen LogP contribution in [-0.2, 0) is 0 Å². The van der Waals surface area contributed by atoms with Gasteiger partial charge in [-0.05, 0) is 46.3 Å². The number of thiophene rings is 1. The molecule has 0 unspecified atom stereocenters. The molecule has 1 N–H and O–H groups in total. The van der Waals surface area contributed by atoms with E-state index in [1.807, 2.05) is 6.07 Å². The molecule has 0 fully saturated rings. The molecule has 0 saturated heterocycles. The Morgan fingerprint density at radius 2 is 1.95 bits per heavy atom. The molecule has 0 atom stereocenters. The molecule has 0 bridgehead atoms. The van der Waals surface area contributed by atoms with Crippen LogP contribution in [0.25, 0.3) is 21.4 Å². The third-order valence-corrected chi connectivity index (χ3v) is 4.79. The molecule has 2 aromatic heterocycles. The zero-order chi connectivity index (χ0) is 13.6. The van der Waals surface area contributed by atoms with Crippen LogP contribution in [0.15, 0.2) is 47.8 Å². The summed E-state index contributed by atoms with van der Waals surface area (Å²) in [5.74, 6) is -0.0538. The maximum absolute atomic E-state index is 12.0. The lowest BCUT2D eigenvalue weighted by Crippen LogP contribution is -2.02. The van der Waals surface area contributed by atoms with Gasteiger partial charge in [0.15, 0.2) is 0 Å². The predicted octanol–water partition coefficient (Wildman–Crippen LogP) is 4.75. The highest BCUT2D eigenvalue weighted by molar-refractivity contribution is 9.11. The smallest absolute Gasteiger partial charge is 0.348 e. The Hall–Kier alpha value is -1.11. The Bertz CT molecular complexity index is 836. The minimum atomic E-state index is -0.540. The second-order valence-corrected chi connectivity index (χ2v) is 7.24. The zero-order valence-corrected chi connectivity index (χ0v) is 13.3. The number of fused-ring (bicyclic) bond motifs is 1. The minimum absolute atomic E-state index is 0.0538. The van der Waals surface area contributed by atoms with E-state index in [9.17, 15) is 9.90 Å². The van der Waals surface area contributed by atoms with Gasteiger partial charge in [0.1, 0.15) is 16.9 Å². The fraction of sp³-hybridized carbons (Fsp3) is 0. The number of halogens is 2. The number of benzene rings is 1. The van der Waals surface area contributed by atoms with Crippen LogP contribution in [0.2, 0.25) is 0 Å². The van der Waals surface area contributed by atoms with Crippen LogP contribution >= 0.6 is 43.2 Å². The summed E-state index contributed by atoms with van der Waals surface area (Å²) in [7, 11) is 0. The molecule has 0 aliphatic rings. The molecule has 0 aliphatic carbocycles. The Kier molecular flexibility index (Phi) is 3.24. The molecule has 3 rings (SSSR count). The van der Waals surface area contributed by atoms with Crippen LogP contribution in [0.5, 0.6) is 5.75 Å². The summed E-state index contributed by atoms with van der Waals surface area (Å²) in [6.07, 6.45) is 0. The number of aromatic hydroxyl groups is 1. The maximum atomic E-state index is 12.0. The molecule has 1 aromatic carbocycles. The molecule has 0 aliphatic heterocycles. The van der Waals surface area contributed by atoms with Gasteiger partial charge >= 0.3 is 5.63 Å². The molecule has 19 heavy (non-hydrogen) atoms. The quantitative estimate of drug-likeness (QED) is 0.598. The highest BCUT2D eigenvalue weighted by Crippen LogP contribution is 2.38. The van der Waals surface area contributed by atoms with Crippen molar-refractivity contribution in [1.29, 1.82) is 0 Å².